The first kappa shape index (κ1) is 35.9. The lowest BCUT2D eigenvalue weighted by atomic mass is 9.96. The van der Waals surface area contributed by atoms with Crippen LogP contribution in [-0.4, -0.2) is 44.5 Å². The van der Waals surface area contributed by atoms with Gasteiger partial charge in [0, 0.05) is 29.8 Å². The number of anilines is 1. The Labute approximate surface area is 295 Å². The Morgan fingerprint density at radius 2 is 1.51 bits per heavy atom. The van der Waals surface area contributed by atoms with E-state index in [1.165, 1.54) is 48.8 Å². The number of fused-ring (bicyclic) bond motifs is 1. The van der Waals surface area contributed by atoms with Gasteiger partial charge in [0.05, 0.1) is 0 Å². The van der Waals surface area contributed by atoms with E-state index >= 15 is 0 Å². The number of aliphatic imine (C=N–C) groups is 1. The van der Waals surface area contributed by atoms with Gasteiger partial charge in [0.2, 0.25) is 0 Å². The molecule has 0 saturated carbocycles. The van der Waals surface area contributed by atoms with E-state index in [1.54, 1.807) is 18.3 Å². The lowest BCUT2D eigenvalue weighted by Gasteiger charge is -2.30. The van der Waals surface area contributed by atoms with Crippen molar-refractivity contribution in [1.29, 1.82) is 5.26 Å². The summed E-state index contributed by atoms with van der Waals surface area (Å²) in [6.45, 7) is 14.9. The molecule has 2 unspecified atom stereocenters. The molecule has 0 saturated heterocycles. The van der Waals surface area contributed by atoms with Crippen LogP contribution < -0.4 is 4.90 Å². The van der Waals surface area contributed by atoms with E-state index in [4.69, 9.17) is 15.0 Å². The summed E-state index contributed by atoms with van der Waals surface area (Å²) in [5.74, 6) is 1.40. The molecule has 49 heavy (non-hydrogen) atoms. The average molecular weight is 676 g/mol. The number of unbranched alkanes of at least 4 members (excludes halogenated alkanes) is 2. The molecule has 8 nitrogen and oxygen atoms in total. The fourth-order valence-corrected chi connectivity index (χ4v) is 7.32. The maximum absolute atomic E-state index is 13.4. The van der Waals surface area contributed by atoms with Crippen molar-refractivity contribution in [3.8, 4) is 28.7 Å². The highest BCUT2D eigenvalue weighted by Crippen LogP contribution is 2.42. The first-order chi connectivity index (χ1) is 23.8. The van der Waals surface area contributed by atoms with Crippen molar-refractivity contribution in [3.63, 3.8) is 0 Å². The van der Waals surface area contributed by atoms with Gasteiger partial charge in [-0.15, -0.1) is 5.10 Å². The minimum Gasteiger partial charge on any atom is -0.347 e. The van der Waals surface area contributed by atoms with Crippen molar-refractivity contribution in [2.45, 2.75) is 92.9 Å². The number of thiazole rings is 1. The molecular formula is C40H49N7OS. The van der Waals surface area contributed by atoms with E-state index in [2.05, 4.69) is 75.0 Å². The average Bonchev–Trinajstić information content (AvgIpc) is 3.76. The van der Waals surface area contributed by atoms with Crippen molar-refractivity contribution < 1.29 is 4.79 Å². The number of carbonyl (C=O) groups excluding carboxylic acids is 1. The number of allylic oxidation sites excluding steroid dienone is 2. The van der Waals surface area contributed by atoms with E-state index in [-0.39, 0.29) is 5.57 Å². The molecule has 4 aromatic rings. The van der Waals surface area contributed by atoms with E-state index in [0.29, 0.717) is 34.8 Å². The fraction of sp³-hybridized carbons (Fsp3) is 0.450. The number of nitriles is 1. The maximum atomic E-state index is 13.4. The summed E-state index contributed by atoms with van der Waals surface area (Å²) >= 11 is 1.58. The Balaban J connectivity index is 1.67. The van der Waals surface area contributed by atoms with Gasteiger partial charge in [0.1, 0.15) is 28.0 Å². The number of aromatic nitrogens is 4. The number of rotatable bonds is 16. The van der Waals surface area contributed by atoms with Crippen LogP contribution in [0.4, 0.5) is 10.1 Å². The van der Waals surface area contributed by atoms with Crippen LogP contribution in [0.25, 0.3) is 22.6 Å². The Morgan fingerprint density at radius 3 is 2.08 bits per heavy atom. The highest BCUT2D eigenvalue weighted by Gasteiger charge is 2.33. The number of nitrogens with zero attached hydrogens (tertiary/aromatic N) is 7. The van der Waals surface area contributed by atoms with Crippen LogP contribution in [0.5, 0.6) is 0 Å². The summed E-state index contributed by atoms with van der Waals surface area (Å²) in [4.78, 5) is 31.4. The van der Waals surface area contributed by atoms with Gasteiger partial charge in [-0.3, -0.25) is 4.79 Å². The Kier molecular flexibility index (Phi) is 12.3. The third-order valence-electron chi connectivity index (χ3n) is 9.55. The van der Waals surface area contributed by atoms with E-state index in [9.17, 15) is 10.1 Å². The molecule has 3 heterocycles. The molecule has 2 atom stereocenters. The van der Waals surface area contributed by atoms with Gasteiger partial charge < -0.3 is 4.90 Å². The summed E-state index contributed by atoms with van der Waals surface area (Å²) in [5.41, 5.74) is 4.69. The molecular weight excluding hydrogens is 627 g/mol. The highest BCUT2D eigenvalue weighted by molar-refractivity contribution is 7.19. The van der Waals surface area contributed by atoms with Gasteiger partial charge in [-0.1, -0.05) is 138 Å². The second kappa shape index (κ2) is 16.8. The summed E-state index contributed by atoms with van der Waals surface area (Å²) in [7, 11) is 0. The Bertz CT molecular complexity index is 1810. The molecule has 1 aliphatic heterocycles. The molecule has 2 aromatic heterocycles. The molecule has 0 radical (unpaired) electrons. The number of benzene rings is 2. The van der Waals surface area contributed by atoms with Crippen LogP contribution in [0.2, 0.25) is 0 Å². The van der Waals surface area contributed by atoms with Gasteiger partial charge in [-0.05, 0) is 38.5 Å². The van der Waals surface area contributed by atoms with Gasteiger partial charge in [0.25, 0.3) is 5.91 Å². The quantitative estimate of drug-likeness (QED) is 0.117. The van der Waals surface area contributed by atoms with E-state index < -0.39 is 5.91 Å². The first-order valence-electron chi connectivity index (χ1n) is 17.9. The minimum absolute atomic E-state index is 0.0161. The zero-order valence-electron chi connectivity index (χ0n) is 29.9. The van der Waals surface area contributed by atoms with Gasteiger partial charge in [-0.25, -0.2) is 15.0 Å². The third kappa shape index (κ3) is 8.25. The van der Waals surface area contributed by atoms with Crippen molar-refractivity contribution >= 4 is 33.1 Å². The maximum Gasteiger partial charge on any atom is 0.291 e. The van der Waals surface area contributed by atoms with Crippen molar-refractivity contribution in [3.05, 3.63) is 77.1 Å². The van der Waals surface area contributed by atoms with Crippen LogP contribution in [0, 0.1) is 30.1 Å². The number of carbonyl (C=O) groups is 1. The fourth-order valence-electron chi connectivity index (χ4n) is 6.34. The summed E-state index contributed by atoms with van der Waals surface area (Å²) in [5, 5.41) is 16.3. The monoisotopic (exact) mass is 675 g/mol. The van der Waals surface area contributed by atoms with Crippen LogP contribution in [0.3, 0.4) is 0 Å². The molecule has 0 N–H and O–H groups in total. The van der Waals surface area contributed by atoms with Crippen LogP contribution >= 0.6 is 11.3 Å². The lowest BCUT2D eigenvalue weighted by Crippen LogP contribution is -2.34. The normalized spacial score (nSPS) is 15.0. The smallest absolute Gasteiger partial charge is 0.291 e. The number of aryl methyl sites for hydroxylation is 1. The van der Waals surface area contributed by atoms with Crippen molar-refractivity contribution in [1.82, 2.24) is 19.7 Å². The predicted octanol–water partition coefficient (Wildman–Crippen LogP) is 10.2. The molecule has 1 aliphatic rings. The molecule has 9 heteroatoms. The van der Waals surface area contributed by atoms with E-state index in [0.717, 1.165) is 52.9 Å². The topological polar surface area (TPSA) is 100 Å². The molecule has 2 aromatic carbocycles. The molecule has 5 rings (SSSR count). The van der Waals surface area contributed by atoms with Crippen LogP contribution in [-0.2, 0) is 0 Å². The summed E-state index contributed by atoms with van der Waals surface area (Å²) < 4.78 is 1.23. The van der Waals surface area contributed by atoms with Crippen molar-refractivity contribution in [2.75, 3.05) is 18.0 Å². The Hall–Kier alpha value is -4.42. The van der Waals surface area contributed by atoms with Gasteiger partial charge >= 0.3 is 0 Å². The molecule has 256 valence electrons. The second-order valence-corrected chi connectivity index (χ2v) is 14.1. The lowest BCUT2D eigenvalue weighted by molar-refractivity contribution is 0.0942. The molecule has 0 amide bonds. The van der Waals surface area contributed by atoms with Gasteiger partial charge in [0.15, 0.2) is 16.8 Å². The Morgan fingerprint density at radius 1 is 0.878 bits per heavy atom. The number of hydrogen-bond acceptors (Lipinski definition) is 8. The largest absolute Gasteiger partial charge is 0.347 e. The minimum atomic E-state index is -0.492. The predicted molar refractivity (Wildman–Crippen MR) is 202 cm³/mol. The number of hydrogen-bond donors (Lipinski definition) is 0. The highest BCUT2D eigenvalue weighted by atomic mass is 32.1. The second-order valence-electron chi connectivity index (χ2n) is 13.2. The summed E-state index contributed by atoms with van der Waals surface area (Å²) in [6, 6.07) is 20.0. The first-order valence-corrected chi connectivity index (χ1v) is 18.7. The standard InChI is InChI=1S/C40H49N7OS/c1-7-11-16-29(9-3)25-46(26-30(10-4)17-12-8-2)40-43-35(31-22-20-27(5)21-23-31)38(49-40)42-34-28(6)33(24-41)39(48)47-37(34)44-36(45-47)32-18-14-13-15-19-32/h13-15,18-23,29-30H,7-12,16-17,25-26H2,1-6H3. The third-order valence-corrected chi connectivity index (χ3v) is 10.6. The molecule has 0 aliphatic carbocycles. The van der Waals surface area contributed by atoms with Gasteiger partial charge in [-0.2, -0.15) is 9.94 Å². The summed E-state index contributed by atoms with van der Waals surface area (Å²) in [6.07, 6.45) is 9.49. The molecule has 0 spiro atoms. The van der Waals surface area contributed by atoms with Crippen molar-refractivity contribution in [2.24, 2.45) is 16.8 Å². The molecule has 0 bridgehead atoms. The van der Waals surface area contributed by atoms with Crippen LogP contribution in [0.1, 0.15) is 102 Å². The van der Waals surface area contributed by atoms with Crippen LogP contribution in [0.15, 0.2) is 70.7 Å². The zero-order chi connectivity index (χ0) is 34.9. The SMILES string of the molecule is CCCCC(CC)CN(CC(CC)CCCC)c1nc(-c2ccc(C)cc2)c(N=C2C(C)=C(C#N)C(=O)n3nc(-c4ccccc4)nc32)s1. The molecule has 0 fully saturated rings. The van der Waals surface area contributed by atoms with E-state index in [1.807, 2.05) is 30.3 Å². The zero-order valence-corrected chi connectivity index (χ0v) is 30.7.